The second-order valence-electron chi connectivity index (χ2n) is 5.11. The Morgan fingerprint density at radius 3 is 2.38 bits per heavy atom. The summed E-state index contributed by atoms with van der Waals surface area (Å²) < 4.78 is 19.6. The summed E-state index contributed by atoms with van der Waals surface area (Å²) in [5.41, 5.74) is 8.05. The molecule has 2 N–H and O–H groups in total. The Bertz CT molecular complexity index is 948. The number of hydrogen-bond donors (Lipinski definition) is 1. The van der Waals surface area contributed by atoms with E-state index in [1.807, 2.05) is 24.3 Å². The third-order valence-corrected chi connectivity index (χ3v) is 3.71. The van der Waals surface area contributed by atoms with Gasteiger partial charge in [0.25, 0.3) is 0 Å². The van der Waals surface area contributed by atoms with Crippen LogP contribution in [0, 0.1) is 17.1 Å². The topological polar surface area (TPSA) is 71.9 Å². The van der Waals surface area contributed by atoms with Crippen LogP contribution in [0.4, 0.5) is 10.2 Å². The highest BCUT2D eigenvalue weighted by Gasteiger charge is 2.17. The van der Waals surface area contributed by atoms with Gasteiger partial charge in [0.15, 0.2) is 0 Å². The van der Waals surface area contributed by atoms with Gasteiger partial charge in [-0.15, -0.1) is 0 Å². The molecule has 0 aliphatic carbocycles. The molecular weight excluding hydrogens is 305 g/mol. The van der Waals surface area contributed by atoms with Crippen molar-refractivity contribution in [3.05, 3.63) is 66.0 Å². The van der Waals surface area contributed by atoms with E-state index >= 15 is 0 Å². The summed E-state index contributed by atoms with van der Waals surface area (Å²) in [5.74, 6) is 0.248. The molecule has 0 fully saturated rings. The number of halogens is 1. The first-order chi connectivity index (χ1) is 11.7. The molecule has 5 heteroatoms. The molecular formula is C19H14FN3O. The minimum atomic E-state index is -0.425. The van der Waals surface area contributed by atoms with E-state index in [1.54, 1.807) is 37.4 Å². The van der Waals surface area contributed by atoms with Crippen molar-refractivity contribution in [2.45, 2.75) is 0 Å². The summed E-state index contributed by atoms with van der Waals surface area (Å²) >= 11 is 0. The zero-order valence-corrected chi connectivity index (χ0v) is 13.0. The quantitative estimate of drug-likeness (QED) is 0.791. The van der Waals surface area contributed by atoms with Gasteiger partial charge in [-0.2, -0.15) is 5.26 Å². The van der Waals surface area contributed by atoms with Gasteiger partial charge in [-0.3, -0.25) is 0 Å². The van der Waals surface area contributed by atoms with Gasteiger partial charge in [0.1, 0.15) is 29.0 Å². The molecule has 3 rings (SSSR count). The molecule has 3 aromatic rings. The zero-order valence-electron chi connectivity index (χ0n) is 13.0. The van der Waals surface area contributed by atoms with Gasteiger partial charge in [0, 0.05) is 16.7 Å². The molecule has 1 heterocycles. The number of anilines is 1. The van der Waals surface area contributed by atoms with Crippen molar-refractivity contribution in [3.63, 3.8) is 0 Å². The third kappa shape index (κ3) is 2.66. The Balaban J connectivity index is 2.29. The third-order valence-electron chi connectivity index (χ3n) is 3.71. The second kappa shape index (κ2) is 6.39. The summed E-state index contributed by atoms with van der Waals surface area (Å²) in [4.78, 5) is 4.29. The number of rotatable bonds is 3. The number of ether oxygens (including phenoxy) is 1. The Morgan fingerprint density at radius 2 is 1.71 bits per heavy atom. The van der Waals surface area contributed by atoms with E-state index in [1.165, 1.54) is 6.07 Å². The zero-order chi connectivity index (χ0) is 17.1. The molecule has 0 unspecified atom stereocenters. The van der Waals surface area contributed by atoms with Crippen LogP contribution >= 0.6 is 0 Å². The van der Waals surface area contributed by atoms with Gasteiger partial charge in [-0.05, 0) is 24.3 Å². The predicted molar refractivity (Wildman–Crippen MR) is 90.7 cm³/mol. The molecule has 4 nitrogen and oxygen atoms in total. The van der Waals surface area contributed by atoms with Gasteiger partial charge < -0.3 is 10.5 Å². The van der Waals surface area contributed by atoms with Gasteiger partial charge >= 0.3 is 0 Å². The summed E-state index contributed by atoms with van der Waals surface area (Å²) in [6.07, 6.45) is 0. The molecule has 24 heavy (non-hydrogen) atoms. The van der Waals surface area contributed by atoms with Crippen LogP contribution in [-0.2, 0) is 0 Å². The standard InChI is InChI=1S/C19H14FN3O/c1-24-18-9-5-3-7-13(18)17-10-14(15(11-21)19(22)23-17)12-6-2-4-8-16(12)20/h2-10H,1H3,(H2,22,23). The van der Waals surface area contributed by atoms with E-state index in [4.69, 9.17) is 10.5 Å². The summed E-state index contributed by atoms with van der Waals surface area (Å²) in [7, 11) is 1.56. The molecule has 2 aromatic carbocycles. The molecule has 0 bridgehead atoms. The molecule has 0 saturated heterocycles. The number of pyridine rings is 1. The lowest BCUT2D eigenvalue weighted by atomic mass is 9.98. The smallest absolute Gasteiger partial charge is 0.142 e. The highest BCUT2D eigenvalue weighted by atomic mass is 19.1. The lowest BCUT2D eigenvalue weighted by molar-refractivity contribution is 0.416. The fourth-order valence-electron chi connectivity index (χ4n) is 2.57. The molecule has 1 aromatic heterocycles. The Kier molecular flexibility index (Phi) is 4.13. The molecule has 0 spiro atoms. The number of benzene rings is 2. The predicted octanol–water partition coefficient (Wildman–Crippen LogP) is 4.02. The maximum Gasteiger partial charge on any atom is 0.142 e. The van der Waals surface area contributed by atoms with E-state index in [-0.39, 0.29) is 11.4 Å². The first kappa shape index (κ1) is 15.5. The van der Waals surface area contributed by atoms with E-state index < -0.39 is 5.82 Å². The second-order valence-corrected chi connectivity index (χ2v) is 5.11. The number of para-hydroxylation sites is 1. The Labute approximate surface area is 139 Å². The van der Waals surface area contributed by atoms with Crippen molar-refractivity contribution in [1.82, 2.24) is 4.98 Å². The van der Waals surface area contributed by atoms with Crippen LogP contribution in [0.15, 0.2) is 54.6 Å². The number of nitrogen functional groups attached to an aromatic ring is 1. The van der Waals surface area contributed by atoms with Gasteiger partial charge in [0.05, 0.1) is 12.8 Å². The molecule has 0 aliphatic rings. The first-order valence-corrected chi connectivity index (χ1v) is 7.24. The molecule has 118 valence electrons. The molecule has 0 saturated carbocycles. The van der Waals surface area contributed by atoms with Crippen molar-refractivity contribution >= 4 is 5.82 Å². The number of methoxy groups -OCH3 is 1. The number of nitrogens with zero attached hydrogens (tertiary/aromatic N) is 2. The average Bonchev–Trinajstić information content (AvgIpc) is 2.61. The molecule has 0 radical (unpaired) electrons. The molecule has 0 atom stereocenters. The van der Waals surface area contributed by atoms with E-state index in [0.717, 1.165) is 0 Å². The van der Waals surface area contributed by atoms with Crippen molar-refractivity contribution in [2.24, 2.45) is 0 Å². The van der Waals surface area contributed by atoms with Crippen molar-refractivity contribution < 1.29 is 9.13 Å². The Morgan fingerprint density at radius 1 is 1.04 bits per heavy atom. The lowest BCUT2D eigenvalue weighted by Gasteiger charge is -2.12. The normalized spacial score (nSPS) is 10.2. The van der Waals surface area contributed by atoms with Gasteiger partial charge in [-0.1, -0.05) is 30.3 Å². The number of aromatic nitrogens is 1. The SMILES string of the molecule is COc1ccccc1-c1cc(-c2ccccc2F)c(C#N)c(N)n1. The lowest BCUT2D eigenvalue weighted by Crippen LogP contribution is -2.01. The van der Waals surface area contributed by atoms with Crippen molar-refractivity contribution in [1.29, 1.82) is 5.26 Å². The van der Waals surface area contributed by atoms with Crippen LogP contribution in [0.5, 0.6) is 5.75 Å². The number of nitriles is 1. The highest BCUT2D eigenvalue weighted by molar-refractivity contribution is 5.81. The van der Waals surface area contributed by atoms with Crippen LogP contribution in [0.3, 0.4) is 0 Å². The first-order valence-electron chi connectivity index (χ1n) is 7.24. The number of hydrogen-bond acceptors (Lipinski definition) is 4. The minimum absolute atomic E-state index is 0.0548. The van der Waals surface area contributed by atoms with E-state index in [2.05, 4.69) is 4.98 Å². The van der Waals surface area contributed by atoms with Crippen LogP contribution in [-0.4, -0.2) is 12.1 Å². The monoisotopic (exact) mass is 319 g/mol. The van der Waals surface area contributed by atoms with Crippen molar-refractivity contribution in [3.8, 4) is 34.2 Å². The van der Waals surface area contributed by atoms with Crippen LogP contribution < -0.4 is 10.5 Å². The van der Waals surface area contributed by atoms with Crippen LogP contribution in [0.2, 0.25) is 0 Å². The van der Waals surface area contributed by atoms with Crippen LogP contribution in [0.1, 0.15) is 5.56 Å². The molecule has 0 amide bonds. The maximum absolute atomic E-state index is 14.2. The average molecular weight is 319 g/mol. The van der Waals surface area contributed by atoms with E-state index in [0.29, 0.717) is 28.1 Å². The summed E-state index contributed by atoms with van der Waals surface area (Å²) in [6, 6.07) is 17.2. The maximum atomic E-state index is 14.2. The highest BCUT2D eigenvalue weighted by Crippen LogP contribution is 2.35. The number of nitrogens with two attached hydrogens (primary N) is 1. The fraction of sp³-hybridized carbons (Fsp3) is 0.0526. The summed E-state index contributed by atoms with van der Waals surface area (Å²) in [5, 5.41) is 9.40. The van der Waals surface area contributed by atoms with Crippen molar-refractivity contribution in [2.75, 3.05) is 12.8 Å². The molecule has 0 aliphatic heterocycles. The van der Waals surface area contributed by atoms with E-state index in [9.17, 15) is 9.65 Å². The van der Waals surface area contributed by atoms with Crippen LogP contribution in [0.25, 0.3) is 22.4 Å². The fourth-order valence-corrected chi connectivity index (χ4v) is 2.57. The summed E-state index contributed by atoms with van der Waals surface area (Å²) in [6.45, 7) is 0. The Hall–Kier alpha value is -3.39. The van der Waals surface area contributed by atoms with Gasteiger partial charge in [-0.25, -0.2) is 9.37 Å². The van der Waals surface area contributed by atoms with Gasteiger partial charge in [0.2, 0.25) is 0 Å². The largest absolute Gasteiger partial charge is 0.496 e. The minimum Gasteiger partial charge on any atom is -0.496 e.